The highest BCUT2D eigenvalue weighted by molar-refractivity contribution is 6.16. The van der Waals surface area contributed by atoms with Gasteiger partial charge in [0, 0.05) is 12.1 Å². The van der Waals surface area contributed by atoms with E-state index in [0.29, 0.717) is 17.7 Å². The van der Waals surface area contributed by atoms with Gasteiger partial charge in [0.1, 0.15) is 5.75 Å². The molecule has 31 heavy (non-hydrogen) atoms. The van der Waals surface area contributed by atoms with Crippen molar-refractivity contribution in [2.24, 2.45) is 0 Å². The number of phenolic OH excluding ortho intramolecular Hbond substituents is 1. The number of Topliss-reactive ketones (excluding diaryl/α,β-unsaturated/α-hetero) is 1. The first kappa shape index (κ1) is 20.4. The predicted molar refractivity (Wildman–Crippen MR) is 119 cm³/mol. The smallest absolute Gasteiger partial charge is 0.294 e. The molecule has 1 aliphatic rings. The number of amides is 1. The van der Waals surface area contributed by atoms with Crippen LogP contribution in [0.5, 0.6) is 5.75 Å². The van der Waals surface area contributed by atoms with Crippen molar-refractivity contribution >= 4 is 17.4 Å². The van der Waals surface area contributed by atoms with Gasteiger partial charge in [-0.3, -0.25) is 14.5 Å². The zero-order valence-electron chi connectivity index (χ0n) is 17.2. The fraction of sp³-hybridized carbons (Fsp3) is 0.154. The summed E-state index contributed by atoms with van der Waals surface area (Å²) in [6.45, 7) is 1.87. The Morgan fingerprint density at radius 3 is 2.35 bits per heavy atom. The molecule has 3 aromatic rings. The molecule has 1 heterocycles. The molecule has 0 radical (unpaired) electrons. The Hall–Kier alpha value is -3.86. The van der Waals surface area contributed by atoms with E-state index in [0.717, 1.165) is 11.1 Å². The van der Waals surface area contributed by atoms with Crippen LogP contribution in [-0.4, -0.2) is 21.9 Å². The van der Waals surface area contributed by atoms with Crippen LogP contribution in [0.15, 0.2) is 90.2 Å². The Morgan fingerprint density at radius 1 is 0.935 bits per heavy atom. The summed E-state index contributed by atoms with van der Waals surface area (Å²) in [5.41, 5.74) is 3.08. The molecule has 4 rings (SSSR count). The number of aryl methyl sites for hydroxylation is 2. The van der Waals surface area contributed by atoms with Crippen molar-refractivity contribution < 1.29 is 19.8 Å². The van der Waals surface area contributed by atoms with Gasteiger partial charge in [0.15, 0.2) is 11.5 Å². The molecule has 1 unspecified atom stereocenters. The van der Waals surface area contributed by atoms with Gasteiger partial charge >= 0.3 is 0 Å². The van der Waals surface area contributed by atoms with Crippen LogP contribution in [0.4, 0.5) is 5.69 Å². The van der Waals surface area contributed by atoms with E-state index in [1.54, 1.807) is 24.3 Å². The number of carbonyl (C=O) groups is 2. The summed E-state index contributed by atoms with van der Waals surface area (Å²) in [5, 5.41) is 20.8. The number of ketones is 1. The number of aliphatic hydroxyl groups is 1. The van der Waals surface area contributed by atoms with Crippen molar-refractivity contribution in [2.45, 2.75) is 25.8 Å². The summed E-state index contributed by atoms with van der Waals surface area (Å²) >= 11 is 0. The molecule has 0 fully saturated rings. The molecule has 0 saturated carbocycles. The van der Waals surface area contributed by atoms with Gasteiger partial charge in [-0.2, -0.15) is 0 Å². The number of aromatic hydroxyl groups is 1. The van der Waals surface area contributed by atoms with Crippen molar-refractivity contribution in [3.63, 3.8) is 0 Å². The number of nitrogens with zero attached hydrogens (tertiary/aromatic N) is 1. The summed E-state index contributed by atoms with van der Waals surface area (Å²) in [6.07, 6.45) is 0.662. The fourth-order valence-electron chi connectivity index (χ4n) is 4.02. The molecule has 2 N–H and O–H groups in total. The summed E-state index contributed by atoms with van der Waals surface area (Å²) in [5.74, 6) is -1.42. The number of benzene rings is 3. The number of anilines is 1. The standard InChI is InChI=1S/C26H23NO4/c1-17-8-5-6-13-21(17)27-24(19-11-7-12-20(28)16-19)23(25(30)26(27)31)22(29)15-14-18-9-3-2-4-10-18/h2-13,16,24,28,30H,14-15H2,1H3. The lowest BCUT2D eigenvalue weighted by molar-refractivity contribution is -0.118. The van der Waals surface area contributed by atoms with Gasteiger partial charge in [-0.05, 0) is 48.2 Å². The molecule has 0 saturated heterocycles. The van der Waals surface area contributed by atoms with E-state index in [-0.39, 0.29) is 23.5 Å². The number of hydrogen-bond acceptors (Lipinski definition) is 4. The average molecular weight is 413 g/mol. The lowest BCUT2D eigenvalue weighted by atomic mass is 9.92. The molecule has 156 valence electrons. The van der Waals surface area contributed by atoms with Crippen LogP contribution in [0.3, 0.4) is 0 Å². The van der Waals surface area contributed by atoms with Crippen LogP contribution in [0.2, 0.25) is 0 Å². The first-order valence-corrected chi connectivity index (χ1v) is 10.2. The normalized spacial score (nSPS) is 16.1. The van der Waals surface area contributed by atoms with Gasteiger partial charge in [-0.1, -0.05) is 60.7 Å². The van der Waals surface area contributed by atoms with Crippen molar-refractivity contribution in [2.75, 3.05) is 4.90 Å². The first-order valence-electron chi connectivity index (χ1n) is 10.2. The van der Waals surface area contributed by atoms with Crippen LogP contribution in [-0.2, 0) is 16.0 Å². The third-order valence-corrected chi connectivity index (χ3v) is 5.55. The second kappa shape index (κ2) is 8.48. The number of carbonyl (C=O) groups excluding carboxylic acids is 2. The van der Waals surface area contributed by atoms with E-state index in [1.165, 1.54) is 17.0 Å². The van der Waals surface area contributed by atoms with Gasteiger partial charge < -0.3 is 10.2 Å². The summed E-state index contributed by atoms with van der Waals surface area (Å²) in [6, 6.07) is 22.6. The van der Waals surface area contributed by atoms with Gasteiger partial charge in [0.25, 0.3) is 5.91 Å². The Balaban J connectivity index is 1.75. The van der Waals surface area contributed by atoms with Crippen molar-refractivity contribution in [1.29, 1.82) is 0 Å². The van der Waals surface area contributed by atoms with Crippen LogP contribution in [0.1, 0.15) is 29.2 Å². The minimum atomic E-state index is -0.816. The maximum absolute atomic E-state index is 13.2. The number of hydrogen-bond donors (Lipinski definition) is 2. The topological polar surface area (TPSA) is 77.8 Å². The highest BCUT2D eigenvalue weighted by Gasteiger charge is 2.44. The molecular weight excluding hydrogens is 390 g/mol. The van der Waals surface area contributed by atoms with Crippen LogP contribution < -0.4 is 4.90 Å². The average Bonchev–Trinajstić information content (AvgIpc) is 3.04. The van der Waals surface area contributed by atoms with Gasteiger partial charge in [0.2, 0.25) is 0 Å². The highest BCUT2D eigenvalue weighted by atomic mass is 16.3. The summed E-state index contributed by atoms with van der Waals surface area (Å²) in [7, 11) is 0. The Morgan fingerprint density at radius 2 is 1.65 bits per heavy atom. The second-order valence-electron chi connectivity index (χ2n) is 7.63. The molecule has 1 atom stereocenters. The predicted octanol–water partition coefficient (Wildman–Crippen LogP) is 4.80. The molecule has 5 nitrogen and oxygen atoms in total. The zero-order chi connectivity index (χ0) is 22.0. The Bertz CT molecular complexity index is 1170. The highest BCUT2D eigenvalue weighted by Crippen LogP contribution is 2.42. The van der Waals surface area contributed by atoms with E-state index >= 15 is 0 Å². The molecule has 0 aromatic heterocycles. The monoisotopic (exact) mass is 413 g/mol. The van der Waals surface area contributed by atoms with Crippen molar-refractivity contribution in [3.05, 3.63) is 107 Å². The maximum Gasteiger partial charge on any atom is 0.294 e. The largest absolute Gasteiger partial charge is 0.508 e. The Kier molecular flexibility index (Phi) is 5.58. The molecule has 5 heteroatoms. The third-order valence-electron chi connectivity index (χ3n) is 5.55. The van der Waals surface area contributed by atoms with Crippen molar-refractivity contribution in [1.82, 2.24) is 0 Å². The summed E-state index contributed by atoms with van der Waals surface area (Å²) < 4.78 is 0. The SMILES string of the molecule is Cc1ccccc1N1C(=O)C(O)=C(C(=O)CCc2ccccc2)C1c1cccc(O)c1. The molecule has 3 aromatic carbocycles. The van der Waals surface area contributed by atoms with E-state index in [1.807, 2.05) is 49.4 Å². The second-order valence-corrected chi connectivity index (χ2v) is 7.63. The Labute approximate surface area is 180 Å². The number of rotatable bonds is 6. The lowest BCUT2D eigenvalue weighted by Crippen LogP contribution is -2.31. The quantitative estimate of drug-likeness (QED) is 0.608. The first-order chi connectivity index (χ1) is 15.0. The van der Waals surface area contributed by atoms with E-state index in [9.17, 15) is 19.8 Å². The van der Waals surface area contributed by atoms with Gasteiger partial charge in [-0.25, -0.2) is 0 Å². The van der Waals surface area contributed by atoms with E-state index in [4.69, 9.17) is 0 Å². The van der Waals surface area contributed by atoms with E-state index < -0.39 is 17.7 Å². The molecular formula is C26H23NO4. The van der Waals surface area contributed by atoms with Gasteiger partial charge in [0.05, 0.1) is 11.6 Å². The third kappa shape index (κ3) is 3.94. The number of aliphatic hydroxyl groups excluding tert-OH is 1. The fourth-order valence-corrected chi connectivity index (χ4v) is 4.02. The minimum Gasteiger partial charge on any atom is -0.508 e. The van der Waals surface area contributed by atoms with Crippen LogP contribution >= 0.6 is 0 Å². The zero-order valence-corrected chi connectivity index (χ0v) is 17.2. The number of phenols is 1. The molecule has 0 spiro atoms. The van der Waals surface area contributed by atoms with Crippen molar-refractivity contribution in [3.8, 4) is 5.75 Å². The summed E-state index contributed by atoms with van der Waals surface area (Å²) in [4.78, 5) is 27.8. The molecule has 0 bridgehead atoms. The minimum absolute atomic E-state index is 0.0251. The van der Waals surface area contributed by atoms with Crippen LogP contribution in [0.25, 0.3) is 0 Å². The molecule has 1 aliphatic heterocycles. The van der Waals surface area contributed by atoms with E-state index in [2.05, 4.69) is 0 Å². The molecule has 1 amide bonds. The maximum atomic E-state index is 13.2. The van der Waals surface area contributed by atoms with Crippen LogP contribution in [0, 0.1) is 6.92 Å². The van der Waals surface area contributed by atoms with Gasteiger partial charge in [-0.15, -0.1) is 0 Å². The lowest BCUT2D eigenvalue weighted by Gasteiger charge is -2.28. The molecule has 0 aliphatic carbocycles. The number of para-hydroxylation sites is 1.